The second-order valence-electron chi connectivity index (χ2n) is 5.56. The topological polar surface area (TPSA) is 79.3 Å². The fourth-order valence-corrected chi connectivity index (χ4v) is 3.87. The van der Waals surface area contributed by atoms with Gasteiger partial charge in [0.2, 0.25) is 0 Å². The summed E-state index contributed by atoms with van der Waals surface area (Å²) >= 11 is 13.5. The van der Waals surface area contributed by atoms with Crippen LogP contribution < -0.4 is 5.32 Å². The number of rotatable bonds is 5. The molecule has 24 heavy (non-hydrogen) atoms. The maximum atomic E-state index is 12.4. The summed E-state index contributed by atoms with van der Waals surface area (Å²) in [5, 5.41) is 13.1. The van der Waals surface area contributed by atoms with E-state index in [0.717, 1.165) is 11.3 Å². The molecule has 0 spiro atoms. The minimum atomic E-state index is -1.07. The highest BCUT2D eigenvalue weighted by molar-refractivity contribution is 7.17. The number of carbonyl (C=O) groups is 2. The summed E-state index contributed by atoms with van der Waals surface area (Å²) in [6.45, 7) is 5.14. The van der Waals surface area contributed by atoms with Crippen LogP contribution in [0.3, 0.4) is 0 Å². The molecule has 1 unspecified atom stereocenters. The van der Waals surface area contributed by atoms with Crippen LogP contribution >= 0.6 is 34.5 Å². The van der Waals surface area contributed by atoms with Crippen LogP contribution in [0.4, 0.5) is 0 Å². The molecular weight excluding hydrogens is 371 g/mol. The van der Waals surface area contributed by atoms with Gasteiger partial charge in [0, 0.05) is 5.56 Å². The molecule has 0 saturated heterocycles. The number of aryl methyl sites for hydroxylation is 1. The lowest BCUT2D eigenvalue weighted by molar-refractivity contribution is -0.140. The zero-order valence-corrected chi connectivity index (χ0v) is 15.6. The Balaban J connectivity index is 2.35. The largest absolute Gasteiger partial charge is 0.480 e. The normalized spacial score (nSPS) is 12.2. The van der Waals surface area contributed by atoms with Crippen LogP contribution in [0.5, 0.6) is 0 Å². The summed E-state index contributed by atoms with van der Waals surface area (Å²) in [6, 6.07) is 4.14. The molecule has 0 radical (unpaired) electrons. The van der Waals surface area contributed by atoms with Crippen LogP contribution in [0, 0.1) is 12.8 Å². The first kappa shape index (κ1) is 18.7. The molecule has 128 valence electrons. The number of hydrogen-bond acceptors (Lipinski definition) is 4. The van der Waals surface area contributed by atoms with Gasteiger partial charge in [-0.2, -0.15) is 0 Å². The zero-order chi connectivity index (χ0) is 18.0. The summed E-state index contributed by atoms with van der Waals surface area (Å²) in [7, 11) is 0. The van der Waals surface area contributed by atoms with E-state index in [4.69, 9.17) is 23.2 Å². The number of aromatic nitrogens is 1. The fourth-order valence-electron chi connectivity index (χ4n) is 2.14. The molecule has 5 nitrogen and oxygen atoms in total. The van der Waals surface area contributed by atoms with Crippen LogP contribution in [0.1, 0.15) is 29.2 Å². The molecule has 0 aliphatic rings. The highest BCUT2D eigenvalue weighted by Crippen LogP contribution is 2.37. The van der Waals surface area contributed by atoms with Crippen LogP contribution in [0.15, 0.2) is 18.2 Å². The van der Waals surface area contributed by atoms with E-state index in [0.29, 0.717) is 31.2 Å². The number of thiazole rings is 1. The molecule has 1 atom stereocenters. The Labute approximate surface area is 153 Å². The smallest absolute Gasteiger partial charge is 0.326 e. The quantitative estimate of drug-likeness (QED) is 0.803. The third kappa shape index (κ3) is 3.88. The molecule has 1 heterocycles. The number of hydrogen-bond donors (Lipinski definition) is 2. The van der Waals surface area contributed by atoms with Gasteiger partial charge >= 0.3 is 5.97 Å². The maximum absolute atomic E-state index is 12.4. The number of carboxylic acid groups (broad SMARTS) is 1. The van der Waals surface area contributed by atoms with Crippen molar-refractivity contribution in [1.29, 1.82) is 0 Å². The first-order valence-corrected chi connectivity index (χ1v) is 8.75. The molecule has 0 fully saturated rings. The lowest BCUT2D eigenvalue weighted by Crippen LogP contribution is -2.44. The monoisotopic (exact) mass is 386 g/mol. The summed E-state index contributed by atoms with van der Waals surface area (Å²) in [6.07, 6.45) is 0. The molecule has 0 saturated carbocycles. The van der Waals surface area contributed by atoms with E-state index in [1.807, 2.05) is 0 Å². The molecule has 0 bridgehead atoms. The first-order chi connectivity index (χ1) is 11.2. The molecule has 2 rings (SSSR count). The van der Waals surface area contributed by atoms with Crippen molar-refractivity contribution in [3.05, 3.63) is 38.8 Å². The third-order valence-electron chi connectivity index (χ3n) is 3.40. The lowest BCUT2D eigenvalue weighted by Gasteiger charge is -2.17. The Morgan fingerprint density at radius 3 is 2.33 bits per heavy atom. The highest BCUT2D eigenvalue weighted by Gasteiger charge is 2.26. The minimum Gasteiger partial charge on any atom is -0.480 e. The second-order valence-corrected chi connectivity index (χ2v) is 7.38. The van der Waals surface area contributed by atoms with E-state index in [1.54, 1.807) is 39.0 Å². The predicted octanol–water partition coefficient (Wildman–Crippen LogP) is 4.26. The lowest BCUT2D eigenvalue weighted by atomic mass is 10.0. The number of carbonyl (C=O) groups excluding carboxylic acids is 1. The van der Waals surface area contributed by atoms with E-state index in [-0.39, 0.29) is 5.92 Å². The van der Waals surface area contributed by atoms with Crippen molar-refractivity contribution >= 4 is 46.4 Å². The number of carboxylic acids is 1. The number of amides is 1. The number of nitrogens with one attached hydrogen (secondary N) is 1. The van der Waals surface area contributed by atoms with Crippen molar-refractivity contribution < 1.29 is 14.7 Å². The summed E-state index contributed by atoms with van der Waals surface area (Å²) in [5.74, 6) is -1.78. The molecule has 0 aliphatic heterocycles. The second kappa shape index (κ2) is 7.51. The molecule has 1 aromatic carbocycles. The Morgan fingerprint density at radius 2 is 1.83 bits per heavy atom. The van der Waals surface area contributed by atoms with E-state index in [2.05, 4.69) is 10.3 Å². The van der Waals surface area contributed by atoms with Gasteiger partial charge in [-0.15, -0.1) is 11.3 Å². The van der Waals surface area contributed by atoms with Gasteiger partial charge in [-0.3, -0.25) is 4.79 Å². The van der Waals surface area contributed by atoms with E-state index in [1.165, 1.54) is 0 Å². The van der Waals surface area contributed by atoms with Crippen molar-refractivity contribution in [1.82, 2.24) is 10.3 Å². The molecule has 8 heteroatoms. The Morgan fingerprint density at radius 1 is 1.25 bits per heavy atom. The van der Waals surface area contributed by atoms with Crippen molar-refractivity contribution in [3.63, 3.8) is 0 Å². The van der Waals surface area contributed by atoms with Gasteiger partial charge in [0.25, 0.3) is 5.91 Å². The van der Waals surface area contributed by atoms with Crippen LogP contribution in [-0.2, 0) is 4.79 Å². The van der Waals surface area contributed by atoms with Gasteiger partial charge in [0.15, 0.2) is 0 Å². The fraction of sp³-hybridized carbons (Fsp3) is 0.312. The number of aliphatic carboxylic acids is 1. The Bertz CT molecular complexity index is 769. The number of nitrogens with zero attached hydrogens (tertiary/aromatic N) is 1. The maximum Gasteiger partial charge on any atom is 0.326 e. The van der Waals surface area contributed by atoms with Gasteiger partial charge in [-0.1, -0.05) is 43.1 Å². The van der Waals surface area contributed by atoms with Gasteiger partial charge in [0.05, 0.1) is 15.7 Å². The van der Waals surface area contributed by atoms with Crippen LogP contribution in [0.2, 0.25) is 10.0 Å². The van der Waals surface area contributed by atoms with E-state index >= 15 is 0 Å². The SMILES string of the molecule is Cc1nc(-c2c(Cl)cccc2Cl)sc1C(=O)NC(C(=O)O)C(C)C. The number of benzene rings is 1. The first-order valence-electron chi connectivity index (χ1n) is 7.17. The Hall–Kier alpha value is -1.63. The Kier molecular flexibility index (Phi) is 5.85. The van der Waals surface area contributed by atoms with Crippen LogP contribution in [-0.4, -0.2) is 28.0 Å². The van der Waals surface area contributed by atoms with Gasteiger partial charge < -0.3 is 10.4 Å². The standard InChI is InChI=1S/C16H16Cl2N2O3S/c1-7(2)12(16(22)23)20-14(21)13-8(3)19-15(24-13)11-9(17)5-4-6-10(11)18/h4-7,12H,1-3H3,(H,20,21)(H,22,23). The van der Waals surface area contributed by atoms with Gasteiger partial charge in [0.1, 0.15) is 15.9 Å². The summed E-state index contributed by atoms with van der Waals surface area (Å²) < 4.78 is 0. The number of halogens is 2. The van der Waals surface area contributed by atoms with Crippen molar-refractivity contribution in [2.45, 2.75) is 26.8 Å². The molecule has 1 amide bonds. The minimum absolute atomic E-state index is 0.239. The van der Waals surface area contributed by atoms with Gasteiger partial charge in [-0.25, -0.2) is 9.78 Å². The van der Waals surface area contributed by atoms with E-state index in [9.17, 15) is 14.7 Å². The highest BCUT2D eigenvalue weighted by atomic mass is 35.5. The van der Waals surface area contributed by atoms with Crippen molar-refractivity contribution in [3.8, 4) is 10.6 Å². The predicted molar refractivity (Wildman–Crippen MR) is 96.0 cm³/mol. The molecule has 2 aromatic rings. The van der Waals surface area contributed by atoms with Gasteiger partial charge in [-0.05, 0) is 25.0 Å². The van der Waals surface area contributed by atoms with E-state index < -0.39 is 17.9 Å². The van der Waals surface area contributed by atoms with Crippen molar-refractivity contribution in [2.24, 2.45) is 5.92 Å². The molecule has 0 aliphatic carbocycles. The van der Waals surface area contributed by atoms with Crippen LogP contribution in [0.25, 0.3) is 10.6 Å². The average molecular weight is 387 g/mol. The summed E-state index contributed by atoms with van der Waals surface area (Å²) in [5.41, 5.74) is 1.06. The summed E-state index contributed by atoms with van der Waals surface area (Å²) in [4.78, 5) is 28.4. The average Bonchev–Trinajstić information content (AvgIpc) is 2.85. The molecule has 2 N–H and O–H groups in total. The van der Waals surface area contributed by atoms with Crippen molar-refractivity contribution in [2.75, 3.05) is 0 Å². The zero-order valence-electron chi connectivity index (χ0n) is 13.3. The molecule has 1 aromatic heterocycles. The molecular formula is C16H16Cl2N2O3S. The third-order valence-corrected chi connectivity index (χ3v) is 5.20.